The summed E-state index contributed by atoms with van der Waals surface area (Å²) in [5, 5.41) is 3.43. The fraction of sp³-hybridized carbons (Fsp3) is 0.200. The average Bonchev–Trinajstić information content (AvgIpc) is 2.44. The van der Waals surface area contributed by atoms with Crippen LogP contribution in [-0.2, 0) is 9.63 Å². The van der Waals surface area contributed by atoms with Gasteiger partial charge in [0.25, 0.3) is 5.67 Å². The number of benzene rings is 1. The largest absolute Gasteiger partial charge is 0.377 e. The molecule has 1 aliphatic heterocycles. The van der Waals surface area contributed by atoms with Crippen molar-refractivity contribution in [3.63, 3.8) is 0 Å². The van der Waals surface area contributed by atoms with Crippen molar-refractivity contribution in [2.45, 2.75) is 12.6 Å². The highest BCUT2D eigenvalue weighted by molar-refractivity contribution is 6.20. The SMILES string of the molecule is CC1(F)C(=O)ON=C1c1ccccc1. The van der Waals surface area contributed by atoms with Crippen LogP contribution in [0.3, 0.4) is 0 Å². The van der Waals surface area contributed by atoms with E-state index in [9.17, 15) is 9.18 Å². The maximum Gasteiger partial charge on any atom is 0.377 e. The molecular weight excluding hydrogens is 185 g/mol. The van der Waals surface area contributed by atoms with Crippen LogP contribution in [0.1, 0.15) is 12.5 Å². The number of alkyl halides is 1. The van der Waals surface area contributed by atoms with E-state index in [0.717, 1.165) is 6.92 Å². The molecule has 14 heavy (non-hydrogen) atoms. The molecule has 1 heterocycles. The van der Waals surface area contributed by atoms with Crippen molar-refractivity contribution in [1.29, 1.82) is 0 Å². The predicted octanol–water partition coefficient (Wildman–Crippen LogP) is 1.68. The molecular formula is C10H8FNO2. The van der Waals surface area contributed by atoms with Crippen molar-refractivity contribution < 1.29 is 14.0 Å². The average molecular weight is 193 g/mol. The van der Waals surface area contributed by atoms with Gasteiger partial charge in [0.1, 0.15) is 5.71 Å². The van der Waals surface area contributed by atoms with Crippen LogP contribution in [0.2, 0.25) is 0 Å². The van der Waals surface area contributed by atoms with Gasteiger partial charge in [-0.1, -0.05) is 35.5 Å². The quantitative estimate of drug-likeness (QED) is 0.636. The third-order valence-corrected chi connectivity index (χ3v) is 2.10. The van der Waals surface area contributed by atoms with Gasteiger partial charge in [0.15, 0.2) is 0 Å². The monoisotopic (exact) mass is 193 g/mol. The molecule has 0 aliphatic carbocycles. The van der Waals surface area contributed by atoms with E-state index in [1.165, 1.54) is 0 Å². The van der Waals surface area contributed by atoms with Crippen LogP contribution in [0.15, 0.2) is 35.5 Å². The van der Waals surface area contributed by atoms with Crippen molar-refractivity contribution in [2.75, 3.05) is 0 Å². The first-order valence-electron chi connectivity index (χ1n) is 4.16. The summed E-state index contributed by atoms with van der Waals surface area (Å²) in [5.41, 5.74) is -1.55. The Labute approximate surface area is 80.2 Å². The Kier molecular flexibility index (Phi) is 1.84. The Bertz CT molecular complexity index is 398. The molecule has 4 heteroatoms. The molecule has 0 spiro atoms. The van der Waals surface area contributed by atoms with Gasteiger partial charge in [-0.15, -0.1) is 0 Å². The second kappa shape index (κ2) is 2.90. The first kappa shape index (κ1) is 8.87. The molecule has 1 unspecified atom stereocenters. The lowest BCUT2D eigenvalue weighted by atomic mass is 9.96. The second-order valence-corrected chi connectivity index (χ2v) is 3.19. The number of hydrogen-bond donors (Lipinski definition) is 0. The van der Waals surface area contributed by atoms with Crippen molar-refractivity contribution in [2.24, 2.45) is 5.16 Å². The van der Waals surface area contributed by atoms with Gasteiger partial charge >= 0.3 is 5.97 Å². The Morgan fingerprint density at radius 2 is 2.00 bits per heavy atom. The highest BCUT2D eigenvalue weighted by Crippen LogP contribution is 2.25. The minimum Gasteiger partial charge on any atom is -0.314 e. The predicted molar refractivity (Wildman–Crippen MR) is 48.6 cm³/mol. The van der Waals surface area contributed by atoms with E-state index >= 15 is 0 Å². The normalized spacial score (nSPS) is 25.9. The van der Waals surface area contributed by atoms with E-state index in [-0.39, 0.29) is 5.71 Å². The summed E-state index contributed by atoms with van der Waals surface area (Å²) in [5.74, 6) is -0.962. The van der Waals surface area contributed by atoms with Gasteiger partial charge in [0.2, 0.25) is 0 Å². The second-order valence-electron chi connectivity index (χ2n) is 3.19. The summed E-state index contributed by atoms with van der Waals surface area (Å²) >= 11 is 0. The molecule has 0 amide bonds. The molecule has 0 saturated heterocycles. The summed E-state index contributed by atoms with van der Waals surface area (Å²) < 4.78 is 13.7. The Morgan fingerprint density at radius 3 is 2.50 bits per heavy atom. The van der Waals surface area contributed by atoms with Crippen LogP contribution < -0.4 is 0 Å². The number of rotatable bonds is 1. The fourth-order valence-electron chi connectivity index (χ4n) is 1.27. The molecule has 0 aromatic heterocycles. The summed E-state index contributed by atoms with van der Waals surface area (Å²) in [6.45, 7) is 1.15. The highest BCUT2D eigenvalue weighted by atomic mass is 19.1. The number of carbonyl (C=O) groups excluding carboxylic acids is 1. The summed E-state index contributed by atoms with van der Waals surface area (Å²) in [6, 6.07) is 8.65. The van der Waals surface area contributed by atoms with Gasteiger partial charge in [0, 0.05) is 5.56 Å². The lowest BCUT2D eigenvalue weighted by Crippen LogP contribution is -2.35. The number of oxime groups is 1. The molecule has 2 rings (SSSR count). The molecule has 1 aliphatic rings. The zero-order valence-corrected chi connectivity index (χ0v) is 7.53. The molecule has 1 atom stereocenters. The van der Waals surface area contributed by atoms with Crippen LogP contribution >= 0.6 is 0 Å². The number of carbonyl (C=O) groups is 1. The molecule has 0 N–H and O–H groups in total. The van der Waals surface area contributed by atoms with Crippen LogP contribution in [0.5, 0.6) is 0 Å². The minimum atomic E-state index is -2.14. The van der Waals surface area contributed by atoms with Crippen molar-refractivity contribution in [3.05, 3.63) is 35.9 Å². The third-order valence-electron chi connectivity index (χ3n) is 2.10. The first-order valence-corrected chi connectivity index (χ1v) is 4.16. The van der Waals surface area contributed by atoms with E-state index in [2.05, 4.69) is 9.99 Å². The molecule has 1 aromatic rings. The molecule has 1 aromatic carbocycles. The zero-order chi connectivity index (χ0) is 10.2. The lowest BCUT2D eigenvalue weighted by molar-refractivity contribution is -0.148. The van der Waals surface area contributed by atoms with Crippen molar-refractivity contribution >= 4 is 11.7 Å². The number of hydrogen-bond acceptors (Lipinski definition) is 3. The van der Waals surface area contributed by atoms with Gasteiger partial charge in [0.05, 0.1) is 0 Å². The van der Waals surface area contributed by atoms with Gasteiger partial charge in [-0.3, -0.25) is 0 Å². The van der Waals surface area contributed by atoms with E-state index in [0.29, 0.717) is 5.56 Å². The minimum absolute atomic E-state index is 0.0306. The standard InChI is InChI=1S/C10H8FNO2/c1-10(11)8(12-14-9(10)13)7-5-3-2-4-6-7/h2-6H,1H3. The van der Waals surface area contributed by atoms with Gasteiger partial charge < -0.3 is 4.84 Å². The number of nitrogens with zero attached hydrogens (tertiary/aromatic N) is 1. The molecule has 0 saturated carbocycles. The fourth-order valence-corrected chi connectivity index (χ4v) is 1.27. The van der Waals surface area contributed by atoms with E-state index < -0.39 is 11.6 Å². The van der Waals surface area contributed by atoms with Crippen LogP contribution in [0.25, 0.3) is 0 Å². The zero-order valence-electron chi connectivity index (χ0n) is 7.53. The summed E-state index contributed by atoms with van der Waals surface area (Å²) in [6.07, 6.45) is 0. The third kappa shape index (κ3) is 1.19. The topological polar surface area (TPSA) is 38.7 Å². The summed E-state index contributed by atoms with van der Waals surface area (Å²) in [7, 11) is 0. The highest BCUT2D eigenvalue weighted by Gasteiger charge is 2.47. The number of halogens is 1. The maximum atomic E-state index is 13.7. The van der Waals surface area contributed by atoms with Crippen molar-refractivity contribution in [1.82, 2.24) is 0 Å². The smallest absolute Gasteiger partial charge is 0.314 e. The Hall–Kier alpha value is -1.71. The first-order chi connectivity index (χ1) is 6.62. The molecule has 0 fully saturated rings. The van der Waals surface area contributed by atoms with E-state index in [1.54, 1.807) is 30.3 Å². The van der Waals surface area contributed by atoms with E-state index in [1.807, 2.05) is 0 Å². The molecule has 72 valence electrons. The maximum absolute atomic E-state index is 13.7. The molecule has 0 bridgehead atoms. The van der Waals surface area contributed by atoms with Crippen LogP contribution in [0, 0.1) is 0 Å². The summed E-state index contributed by atoms with van der Waals surface area (Å²) in [4.78, 5) is 15.3. The van der Waals surface area contributed by atoms with Gasteiger partial charge in [-0.25, -0.2) is 9.18 Å². The van der Waals surface area contributed by atoms with E-state index in [4.69, 9.17) is 0 Å². The Morgan fingerprint density at radius 1 is 1.36 bits per heavy atom. The van der Waals surface area contributed by atoms with Crippen LogP contribution in [-0.4, -0.2) is 17.3 Å². The lowest BCUT2D eigenvalue weighted by Gasteiger charge is -2.09. The van der Waals surface area contributed by atoms with Crippen molar-refractivity contribution in [3.8, 4) is 0 Å². The van der Waals surface area contributed by atoms with Gasteiger partial charge in [-0.05, 0) is 6.92 Å². The molecule has 0 radical (unpaired) electrons. The Balaban J connectivity index is 2.43. The van der Waals surface area contributed by atoms with Gasteiger partial charge in [-0.2, -0.15) is 0 Å². The van der Waals surface area contributed by atoms with Crippen LogP contribution in [0.4, 0.5) is 4.39 Å². The molecule has 3 nitrogen and oxygen atoms in total.